The summed E-state index contributed by atoms with van der Waals surface area (Å²) in [5, 5.41) is 0. The van der Waals surface area contributed by atoms with Gasteiger partial charge in [0.25, 0.3) is 0 Å². The molecule has 3 aromatic heterocycles. The van der Waals surface area contributed by atoms with E-state index in [4.69, 9.17) is 9.47 Å². The highest BCUT2D eigenvalue weighted by atomic mass is 19.4. The van der Waals surface area contributed by atoms with Gasteiger partial charge in [-0.2, -0.15) is 18.2 Å². The molecule has 1 aliphatic carbocycles. The summed E-state index contributed by atoms with van der Waals surface area (Å²) < 4.78 is 52.5. The lowest BCUT2D eigenvalue weighted by Gasteiger charge is -2.12. The van der Waals surface area contributed by atoms with Gasteiger partial charge >= 0.3 is 6.18 Å². The first-order valence-electron chi connectivity index (χ1n) is 11.8. The van der Waals surface area contributed by atoms with Gasteiger partial charge in [0, 0.05) is 36.0 Å². The third-order valence-corrected chi connectivity index (χ3v) is 6.03. The van der Waals surface area contributed by atoms with E-state index >= 15 is 0 Å². The van der Waals surface area contributed by atoms with E-state index in [0.29, 0.717) is 34.6 Å². The molecule has 0 atom stereocenters. The number of halogens is 3. The van der Waals surface area contributed by atoms with Gasteiger partial charge in [0.2, 0.25) is 11.8 Å². The van der Waals surface area contributed by atoms with E-state index in [1.165, 1.54) is 10.9 Å². The second-order valence-corrected chi connectivity index (χ2v) is 9.07. The summed E-state index contributed by atoms with van der Waals surface area (Å²) in [6, 6.07) is 8.54. The van der Waals surface area contributed by atoms with E-state index in [9.17, 15) is 13.2 Å². The van der Waals surface area contributed by atoms with Crippen LogP contribution in [0.25, 0.3) is 22.8 Å². The van der Waals surface area contributed by atoms with Crippen molar-refractivity contribution in [3.63, 3.8) is 0 Å². The van der Waals surface area contributed by atoms with Crippen LogP contribution in [0.15, 0.2) is 49.1 Å². The van der Waals surface area contributed by atoms with Crippen LogP contribution in [0.1, 0.15) is 55.6 Å². The molecule has 37 heavy (non-hydrogen) atoms. The molecule has 8 nitrogen and oxygen atoms in total. The number of imidazole rings is 1. The Morgan fingerprint density at radius 3 is 2.43 bits per heavy atom. The van der Waals surface area contributed by atoms with Crippen molar-refractivity contribution in [2.24, 2.45) is 0 Å². The molecule has 0 amide bonds. The van der Waals surface area contributed by atoms with Crippen molar-refractivity contribution in [1.29, 1.82) is 0 Å². The van der Waals surface area contributed by atoms with E-state index in [2.05, 4.69) is 24.9 Å². The highest BCUT2D eigenvalue weighted by Gasteiger charge is 2.35. The van der Waals surface area contributed by atoms with Crippen molar-refractivity contribution >= 4 is 0 Å². The van der Waals surface area contributed by atoms with E-state index in [1.807, 2.05) is 13.8 Å². The van der Waals surface area contributed by atoms with Gasteiger partial charge in [0.05, 0.1) is 12.8 Å². The fraction of sp³-hybridized carbons (Fsp3) is 0.346. The second kappa shape index (κ2) is 9.79. The number of hydrogen-bond donors (Lipinski definition) is 0. The van der Waals surface area contributed by atoms with E-state index in [-0.39, 0.29) is 18.5 Å². The summed E-state index contributed by atoms with van der Waals surface area (Å²) >= 11 is 0. The maximum Gasteiger partial charge on any atom is 0.434 e. The van der Waals surface area contributed by atoms with Crippen LogP contribution in [-0.2, 0) is 12.8 Å². The number of rotatable bonds is 8. The third kappa shape index (κ3) is 5.25. The fourth-order valence-electron chi connectivity index (χ4n) is 4.00. The quantitative estimate of drug-likeness (QED) is 0.293. The molecule has 0 saturated heterocycles. The van der Waals surface area contributed by atoms with Gasteiger partial charge in [-0.15, -0.1) is 0 Å². The van der Waals surface area contributed by atoms with Crippen LogP contribution in [0.3, 0.4) is 0 Å². The monoisotopic (exact) mass is 510 g/mol. The normalized spacial score (nSPS) is 13.7. The average molecular weight is 511 g/mol. The molecule has 0 unspecified atom stereocenters. The number of benzene rings is 1. The van der Waals surface area contributed by atoms with E-state index in [1.54, 1.807) is 43.6 Å². The fourth-order valence-corrected chi connectivity index (χ4v) is 4.00. The van der Waals surface area contributed by atoms with Crippen LogP contribution in [-0.4, -0.2) is 36.6 Å². The predicted octanol–water partition coefficient (Wildman–Crippen LogP) is 5.86. The van der Waals surface area contributed by atoms with Gasteiger partial charge in [-0.1, -0.05) is 24.3 Å². The van der Waals surface area contributed by atoms with Gasteiger partial charge in [-0.05, 0) is 32.3 Å². The Bertz CT molecular complexity index is 1400. The Labute approximate surface area is 211 Å². The molecular formula is C26H25F3N6O2. The maximum atomic E-state index is 13.2. The Balaban J connectivity index is 1.34. The zero-order valence-electron chi connectivity index (χ0n) is 20.5. The Hall–Kier alpha value is -4.02. The molecule has 0 bridgehead atoms. The summed E-state index contributed by atoms with van der Waals surface area (Å²) in [6.07, 6.45) is 1.73. The van der Waals surface area contributed by atoms with Crippen molar-refractivity contribution in [2.75, 3.05) is 7.11 Å². The summed E-state index contributed by atoms with van der Waals surface area (Å²) in [4.78, 5) is 21.4. The van der Waals surface area contributed by atoms with E-state index < -0.39 is 11.9 Å². The summed E-state index contributed by atoms with van der Waals surface area (Å²) in [7, 11) is 1.55. The lowest BCUT2D eigenvalue weighted by molar-refractivity contribution is -0.140. The molecule has 1 aliphatic rings. The molecule has 11 heteroatoms. The number of aromatic nitrogens is 6. The Morgan fingerprint density at radius 2 is 1.78 bits per heavy atom. The minimum atomic E-state index is -4.51. The zero-order valence-corrected chi connectivity index (χ0v) is 20.5. The van der Waals surface area contributed by atoms with Crippen LogP contribution in [0.4, 0.5) is 13.2 Å². The van der Waals surface area contributed by atoms with Crippen LogP contribution in [0, 0.1) is 0 Å². The van der Waals surface area contributed by atoms with Crippen LogP contribution < -0.4 is 9.47 Å². The standard InChI is InChI=1S/C26H25F3N6O2/c1-15(2)35-12-19(26(27,28)29)33-24(35)18-6-4-16(5-7-18)13-37-20-10-11-30-23(34-20)21-22(17-8-9-17)31-14-32-25(21)36-3/h4-7,10-12,14-15,17H,8-9,13H2,1-3H3. The van der Waals surface area contributed by atoms with Gasteiger partial charge in [-0.3, -0.25) is 0 Å². The van der Waals surface area contributed by atoms with Gasteiger partial charge in [-0.25, -0.2) is 19.9 Å². The SMILES string of the molecule is COc1ncnc(C2CC2)c1-c1nccc(OCc2ccc(-c3nc(C(F)(F)F)cn3C(C)C)cc2)n1. The molecule has 3 heterocycles. The molecule has 0 aliphatic heterocycles. The first-order valence-corrected chi connectivity index (χ1v) is 11.8. The van der Waals surface area contributed by atoms with Crippen LogP contribution in [0.2, 0.25) is 0 Å². The number of nitrogens with zero attached hydrogens (tertiary/aromatic N) is 6. The number of hydrogen-bond acceptors (Lipinski definition) is 7. The molecule has 0 N–H and O–H groups in total. The number of ether oxygens (including phenoxy) is 2. The van der Waals surface area contributed by atoms with Crippen molar-refractivity contribution in [2.45, 2.75) is 51.4 Å². The summed E-state index contributed by atoms with van der Waals surface area (Å²) in [5.74, 6) is 1.82. The molecule has 192 valence electrons. The van der Waals surface area contributed by atoms with Gasteiger partial charge in [0.1, 0.15) is 24.3 Å². The predicted molar refractivity (Wildman–Crippen MR) is 129 cm³/mol. The lowest BCUT2D eigenvalue weighted by atomic mass is 10.1. The number of alkyl halides is 3. The molecular weight excluding hydrogens is 485 g/mol. The molecule has 1 saturated carbocycles. The van der Waals surface area contributed by atoms with Crippen molar-refractivity contribution in [1.82, 2.24) is 29.5 Å². The third-order valence-electron chi connectivity index (χ3n) is 6.03. The minimum Gasteiger partial charge on any atom is -0.480 e. The second-order valence-electron chi connectivity index (χ2n) is 9.07. The largest absolute Gasteiger partial charge is 0.480 e. The van der Waals surface area contributed by atoms with Crippen LogP contribution >= 0.6 is 0 Å². The first-order chi connectivity index (χ1) is 17.7. The van der Waals surface area contributed by atoms with Gasteiger partial charge in [0.15, 0.2) is 11.5 Å². The average Bonchev–Trinajstić information content (AvgIpc) is 3.63. The molecule has 4 aromatic rings. The molecule has 0 radical (unpaired) electrons. The highest BCUT2D eigenvalue weighted by Crippen LogP contribution is 2.44. The molecule has 0 spiro atoms. The summed E-state index contributed by atoms with van der Waals surface area (Å²) in [5.41, 5.74) is 2.03. The van der Waals surface area contributed by atoms with Crippen LogP contribution in [0.5, 0.6) is 11.8 Å². The topological polar surface area (TPSA) is 87.8 Å². The minimum absolute atomic E-state index is 0.178. The maximum absolute atomic E-state index is 13.2. The van der Waals surface area contributed by atoms with E-state index in [0.717, 1.165) is 30.3 Å². The Morgan fingerprint density at radius 1 is 1.03 bits per heavy atom. The van der Waals surface area contributed by atoms with Crippen molar-refractivity contribution in [3.8, 4) is 34.5 Å². The first kappa shape index (κ1) is 24.7. The van der Waals surface area contributed by atoms with Gasteiger partial charge < -0.3 is 14.0 Å². The Kier molecular flexibility index (Phi) is 6.53. The summed E-state index contributed by atoms with van der Waals surface area (Å²) in [6.45, 7) is 3.84. The molecule has 5 rings (SSSR count). The number of methoxy groups -OCH3 is 1. The lowest BCUT2D eigenvalue weighted by Crippen LogP contribution is -2.05. The molecule has 1 aromatic carbocycles. The van der Waals surface area contributed by atoms with Crippen molar-refractivity contribution in [3.05, 3.63) is 66.0 Å². The highest BCUT2D eigenvalue weighted by molar-refractivity contribution is 5.66. The molecule has 1 fully saturated rings. The smallest absolute Gasteiger partial charge is 0.434 e. The van der Waals surface area contributed by atoms with Crippen molar-refractivity contribution < 1.29 is 22.6 Å². The zero-order chi connectivity index (χ0) is 26.2.